The fourth-order valence-electron chi connectivity index (χ4n) is 2.18. The lowest BCUT2D eigenvalue weighted by Gasteiger charge is -2.31. The van der Waals surface area contributed by atoms with Gasteiger partial charge in [0.05, 0.1) is 6.61 Å². The molecule has 0 bridgehead atoms. The summed E-state index contributed by atoms with van der Waals surface area (Å²) in [5.41, 5.74) is 3.89. The van der Waals surface area contributed by atoms with E-state index in [0.29, 0.717) is 0 Å². The first-order valence-electron chi connectivity index (χ1n) is 7.82. The van der Waals surface area contributed by atoms with Gasteiger partial charge in [-0.25, -0.2) is 5.01 Å². The van der Waals surface area contributed by atoms with E-state index in [0.717, 1.165) is 50.5 Å². The van der Waals surface area contributed by atoms with Crippen LogP contribution >= 0.6 is 0 Å². The second kappa shape index (κ2) is 8.56. The fourth-order valence-corrected chi connectivity index (χ4v) is 2.18. The van der Waals surface area contributed by atoms with Crippen molar-refractivity contribution >= 4 is 12.0 Å². The van der Waals surface area contributed by atoms with Gasteiger partial charge in [0.15, 0.2) is 0 Å². The van der Waals surface area contributed by atoms with Crippen LogP contribution in [0.1, 0.15) is 18.9 Å². The van der Waals surface area contributed by atoms with E-state index in [1.807, 2.05) is 35.4 Å². The number of carbonyl (C=O) groups is 1. The van der Waals surface area contributed by atoms with Crippen LogP contribution in [0.3, 0.4) is 0 Å². The van der Waals surface area contributed by atoms with E-state index in [1.165, 1.54) is 0 Å². The van der Waals surface area contributed by atoms with Gasteiger partial charge >= 0.3 is 0 Å². The van der Waals surface area contributed by atoms with Crippen molar-refractivity contribution in [3.63, 3.8) is 0 Å². The highest BCUT2D eigenvalue weighted by atomic mass is 16.5. The maximum absolute atomic E-state index is 11.9. The molecule has 2 rings (SSSR count). The highest BCUT2D eigenvalue weighted by Crippen LogP contribution is 2.13. The summed E-state index contributed by atoms with van der Waals surface area (Å²) in [4.78, 5) is 14.1. The van der Waals surface area contributed by atoms with Crippen molar-refractivity contribution in [2.75, 3.05) is 39.8 Å². The number of nitrogens with zero attached hydrogens (tertiary/aromatic N) is 2. The van der Waals surface area contributed by atoms with Gasteiger partial charge in [-0.1, -0.05) is 19.1 Å². The van der Waals surface area contributed by atoms with Crippen molar-refractivity contribution in [2.45, 2.75) is 13.3 Å². The lowest BCUT2D eigenvalue weighted by molar-refractivity contribution is -0.121. The van der Waals surface area contributed by atoms with Crippen molar-refractivity contribution in [3.05, 3.63) is 35.9 Å². The maximum atomic E-state index is 11.9. The number of likely N-dealkylation sites (N-methyl/N-ethyl adjacent to an activating group) is 1. The van der Waals surface area contributed by atoms with E-state index in [9.17, 15) is 4.79 Å². The predicted octanol–water partition coefficient (Wildman–Crippen LogP) is 1.77. The Kier molecular flexibility index (Phi) is 6.43. The minimum Gasteiger partial charge on any atom is -0.494 e. The number of hydrogen-bond donors (Lipinski definition) is 1. The Hall–Kier alpha value is -1.85. The number of benzene rings is 1. The molecule has 120 valence electrons. The predicted molar refractivity (Wildman–Crippen MR) is 88.5 cm³/mol. The third-order valence-electron chi connectivity index (χ3n) is 3.55. The van der Waals surface area contributed by atoms with Crippen molar-refractivity contribution in [3.8, 4) is 5.75 Å². The number of nitrogens with one attached hydrogen (secondary N) is 1. The van der Waals surface area contributed by atoms with Crippen LogP contribution in [0.25, 0.3) is 6.08 Å². The zero-order valence-corrected chi connectivity index (χ0v) is 13.4. The molecule has 0 aliphatic carbocycles. The van der Waals surface area contributed by atoms with Gasteiger partial charge in [-0.3, -0.25) is 10.2 Å². The number of hydrazine groups is 1. The molecule has 1 heterocycles. The molecule has 0 radical (unpaired) electrons. The molecule has 22 heavy (non-hydrogen) atoms. The van der Waals surface area contributed by atoms with Crippen LogP contribution in [-0.2, 0) is 4.79 Å². The average Bonchev–Trinajstić information content (AvgIpc) is 2.54. The summed E-state index contributed by atoms with van der Waals surface area (Å²) in [7, 11) is 2.09. The zero-order valence-electron chi connectivity index (χ0n) is 13.4. The van der Waals surface area contributed by atoms with Crippen molar-refractivity contribution in [1.29, 1.82) is 0 Å². The zero-order chi connectivity index (χ0) is 15.8. The van der Waals surface area contributed by atoms with Gasteiger partial charge < -0.3 is 9.64 Å². The maximum Gasteiger partial charge on any atom is 0.258 e. The second-order valence-electron chi connectivity index (χ2n) is 5.52. The number of rotatable bonds is 6. The van der Waals surface area contributed by atoms with Gasteiger partial charge in [-0.15, -0.1) is 0 Å². The Labute approximate surface area is 132 Å². The van der Waals surface area contributed by atoms with E-state index >= 15 is 0 Å². The molecule has 0 aromatic heterocycles. The number of ether oxygens (including phenoxy) is 1. The molecular formula is C17H25N3O2. The SMILES string of the molecule is CCCOc1ccc(/C=C/C(=O)NN2CCN(C)CC2)cc1. The van der Waals surface area contributed by atoms with Gasteiger partial charge in [-0.05, 0) is 37.2 Å². The van der Waals surface area contributed by atoms with E-state index in [4.69, 9.17) is 4.74 Å². The smallest absolute Gasteiger partial charge is 0.258 e. The van der Waals surface area contributed by atoms with Crippen LogP contribution in [0, 0.1) is 0 Å². The first-order valence-corrected chi connectivity index (χ1v) is 7.82. The van der Waals surface area contributed by atoms with Crippen molar-refractivity contribution < 1.29 is 9.53 Å². The fraction of sp³-hybridized carbons (Fsp3) is 0.471. The lowest BCUT2D eigenvalue weighted by Crippen LogP contribution is -2.52. The average molecular weight is 303 g/mol. The molecule has 1 saturated heterocycles. The van der Waals surface area contributed by atoms with Gasteiger partial charge in [0.25, 0.3) is 5.91 Å². The molecule has 1 fully saturated rings. The van der Waals surface area contributed by atoms with Crippen LogP contribution in [0.2, 0.25) is 0 Å². The van der Waals surface area contributed by atoms with E-state index < -0.39 is 0 Å². The Morgan fingerprint density at radius 3 is 2.55 bits per heavy atom. The second-order valence-corrected chi connectivity index (χ2v) is 5.52. The summed E-state index contributed by atoms with van der Waals surface area (Å²) < 4.78 is 5.53. The van der Waals surface area contributed by atoms with E-state index in [-0.39, 0.29) is 5.91 Å². The van der Waals surface area contributed by atoms with E-state index in [2.05, 4.69) is 24.3 Å². The Morgan fingerprint density at radius 1 is 1.23 bits per heavy atom. The van der Waals surface area contributed by atoms with Gasteiger partial charge in [0.2, 0.25) is 0 Å². The molecule has 1 aliphatic rings. The van der Waals surface area contributed by atoms with Crippen LogP contribution in [0.4, 0.5) is 0 Å². The number of carbonyl (C=O) groups excluding carboxylic acids is 1. The third-order valence-corrected chi connectivity index (χ3v) is 3.55. The van der Waals surface area contributed by atoms with Crippen LogP contribution in [-0.4, -0.2) is 55.6 Å². The highest BCUT2D eigenvalue weighted by Gasteiger charge is 2.14. The summed E-state index contributed by atoms with van der Waals surface area (Å²) in [6.07, 6.45) is 4.38. The number of amides is 1. The monoisotopic (exact) mass is 303 g/mol. The Morgan fingerprint density at radius 2 is 1.91 bits per heavy atom. The van der Waals surface area contributed by atoms with Gasteiger partial charge in [-0.2, -0.15) is 0 Å². The van der Waals surface area contributed by atoms with Gasteiger partial charge in [0, 0.05) is 32.3 Å². The molecule has 0 atom stereocenters. The molecule has 1 aromatic carbocycles. The first kappa shape index (κ1) is 16.5. The molecule has 5 nitrogen and oxygen atoms in total. The molecule has 5 heteroatoms. The molecule has 0 saturated carbocycles. The molecular weight excluding hydrogens is 278 g/mol. The largest absolute Gasteiger partial charge is 0.494 e. The summed E-state index contributed by atoms with van der Waals surface area (Å²) in [5, 5.41) is 1.97. The molecule has 1 aromatic rings. The summed E-state index contributed by atoms with van der Waals surface area (Å²) in [6, 6.07) is 7.75. The van der Waals surface area contributed by atoms with Crippen LogP contribution in [0.15, 0.2) is 30.3 Å². The van der Waals surface area contributed by atoms with Crippen molar-refractivity contribution in [1.82, 2.24) is 15.3 Å². The summed E-state index contributed by atoms with van der Waals surface area (Å²) in [6.45, 7) is 6.48. The molecule has 0 spiro atoms. The van der Waals surface area contributed by atoms with E-state index in [1.54, 1.807) is 6.08 Å². The van der Waals surface area contributed by atoms with Gasteiger partial charge in [0.1, 0.15) is 5.75 Å². The van der Waals surface area contributed by atoms with Crippen LogP contribution in [0.5, 0.6) is 5.75 Å². The third kappa shape index (κ3) is 5.50. The molecule has 1 N–H and O–H groups in total. The summed E-state index contributed by atoms with van der Waals surface area (Å²) in [5.74, 6) is 0.775. The Bertz CT molecular complexity index is 491. The summed E-state index contributed by atoms with van der Waals surface area (Å²) >= 11 is 0. The van der Waals surface area contributed by atoms with Crippen LogP contribution < -0.4 is 10.2 Å². The molecule has 1 aliphatic heterocycles. The minimum atomic E-state index is -0.0872. The quantitative estimate of drug-likeness (QED) is 0.814. The minimum absolute atomic E-state index is 0.0872. The first-order chi connectivity index (χ1) is 10.7. The number of hydrogen-bond acceptors (Lipinski definition) is 4. The topological polar surface area (TPSA) is 44.8 Å². The highest BCUT2D eigenvalue weighted by molar-refractivity contribution is 5.91. The Balaban J connectivity index is 1.79. The number of piperazine rings is 1. The standard InChI is InChI=1S/C17H25N3O2/c1-3-14-22-16-7-4-15(5-8-16)6-9-17(21)18-20-12-10-19(2)11-13-20/h4-9H,3,10-14H2,1-2H3,(H,18,21)/b9-6+. The van der Waals surface area contributed by atoms with Crippen molar-refractivity contribution in [2.24, 2.45) is 0 Å². The normalized spacial score (nSPS) is 16.8. The molecule has 0 unspecified atom stereocenters. The lowest BCUT2D eigenvalue weighted by atomic mass is 10.2. The molecule has 1 amide bonds.